The molecule has 2 aliphatic rings. The monoisotopic (exact) mass is 467 g/mol. The summed E-state index contributed by atoms with van der Waals surface area (Å²) in [7, 11) is 0. The van der Waals surface area contributed by atoms with E-state index in [1.54, 1.807) is 0 Å². The van der Waals surface area contributed by atoms with Crippen molar-refractivity contribution >= 4 is 11.6 Å². The van der Waals surface area contributed by atoms with Crippen molar-refractivity contribution in [2.24, 2.45) is 0 Å². The van der Waals surface area contributed by atoms with Crippen LogP contribution < -0.4 is 15.0 Å². The zero-order valence-electron chi connectivity index (χ0n) is 20.3. The highest BCUT2D eigenvalue weighted by molar-refractivity contribution is 5.77. The molecule has 1 saturated heterocycles. The van der Waals surface area contributed by atoms with E-state index < -0.39 is 0 Å². The van der Waals surface area contributed by atoms with Crippen LogP contribution >= 0.6 is 0 Å². The van der Waals surface area contributed by atoms with Gasteiger partial charge < -0.3 is 24.4 Å². The van der Waals surface area contributed by atoms with Gasteiger partial charge >= 0.3 is 0 Å². The summed E-state index contributed by atoms with van der Waals surface area (Å²) in [6.07, 6.45) is 1.73. The van der Waals surface area contributed by atoms with Crippen LogP contribution in [0, 0.1) is 0 Å². The van der Waals surface area contributed by atoms with Crippen LogP contribution in [0.1, 0.15) is 30.0 Å². The largest absolute Gasteiger partial charge is 0.491 e. The Morgan fingerprint density at radius 3 is 2.59 bits per heavy atom. The van der Waals surface area contributed by atoms with E-state index in [1.165, 1.54) is 22.4 Å². The predicted octanol–water partition coefficient (Wildman–Crippen LogP) is 2.85. The number of hydrogen-bond donors (Lipinski definition) is 1. The Labute approximate surface area is 203 Å². The maximum Gasteiger partial charge on any atom is 0.234 e. The van der Waals surface area contributed by atoms with Crippen molar-refractivity contribution in [1.82, 2.24) is 10.2 Å². The van der Waals surface area contributed by atoms with E-state index in [1.807, 2.05) is 0 Å². The van der Waals surface area contributed by atoms with Crippen molar-refractivity contribution in [2.75, 3.05) is 70.7 Å². The minimum absolute atomic E-state index is 0.0621. The van der Waals surface area contributed by atoms with Crippen molar-refractivity contribution in [3.05, 3.63) is 59.2 Å². The van der Waals surface area contributed by atoms with E-state index in [2.05, 4.69) is 64.5 Å². The van der Waals surface area contributed by atoms with E-state index in [9.17, 15) is 4.79 Å². The van der Waals surface area contributed by atoms with Gasteiger partial charge in [-0.2, -0.15) is 0 Å². The molecule has 1 fully saturated rings. The van der Waals surface area contributed by atoms with Crippen LogP contribution in [-0.4, -0.2) is 76.6 Å². The number of carbonyl (C=O) groups is 1. The van der Waals surface area contributed by atoms with Crippen molar-refractivity contribution < 1.29 is 19.0 Å². The van der Waals surface area contributed by atoms with E-state index in [-0.39, 0.29) is 5.91 Å². The fraction of sp³-hybridized carbons (Fsp3) is 0.519. The fourth-order valence-corrected chi connectivity index (χ4v) is 4.42. The highest BCUT2D eigenvalue weighted by Crippen LogP contribution is 2.28. The zero-order valence-corrected chi connectivity index (χ0v) is 20.3. The lowest BCUT2D eigenvalue weighted by Crippen LogP contribution is -2.39. The van der Waals surface area contributed by atoms with E-state index in [0.717, 1.165) is 44.9 Å². The van der Waals surface area contributed by atoms with Crippen molar-refractivity contribution in [3.8, 4) is 5.75 Å². The Balaban J connectivity index is 1.54. The van der Waals surface area contributed by atoms with E-state index in [0.29, 0.717) is 46.0 Å². The molecule has 4 rings (SSSR count). The molecule has 0 radical (unpaired) electrons. The molecule has 2 aromatic carbocycles. The minimum atomic E-state index is 0.0621. The molecule has 0 spiro atoms. The summed E-state index contributed by atoms with van der Waals surface area (Å²) in [6, 6.07) is 15.1. The fourth-order valence-electron chi connectivity index (χ4n) is 4.42. The number of carbonyl (C=O) groups excluding carboxylic acids is 1. The number of fused-ring (bicyclic) bond motifs is 3. The Kier molecular flexibility index (Phi) is 9.19. The lowest BCUT2D eigenvalue weighted by atomic mass is 10.0. The first-order valence-corrected chi connectivity index (χ1v) is 12.4. The second kappa shape index (κ2) is 12.7. The Morgan fingerprint density at radius 2 is 1.74 bits per heavy atom. The molecule has 0 saturated carbocycles. The number of amides is 1. The van der Waals surface area contributed by atoms with Gasteiger partial charge in [-0.3, -0.25) is 9.69 Å². The lowest BCUT2D eigenvalue weighted by molar-refractivity contribution is -0.122. The van der Waals surface area contributed by atoms with Crippen LogP contribution in [0.15, 0.2) is 42.5 Å². The van der Waals surface area contributed by atoms with Gasteiger partial charge in [0.15, 0.2) is 0 Å². The van der Waals surface area contributed by atoms with Gasteiger partial charge in [0.2, 0.25) is 5.91 Å². The first-order valence-electron chi connectivity index (χ1n) is 12.4. The summed E-state index contributed by atoms with van der Waals surface area (Å²) in [5.41, 5.74) is 4.83. The molecule has 2 aromatic rings. The zero-order chi connectivity index (χ0) is 23.6. The second-order valence-electron chi connectivity index (χ2n) is 8.91. The number of hydrogen-bond acceptors (Lipinski definition) is 6. The molecule has 1 N–H and O–H groups in total. The molecule has 0 atom stereocenters. The highest BCUT2D eigenvalue weighted by atomic mass is 16.5. The third-order valence-corrected chi connectivity index (χ3v) is 6.19. The Morgan fingerprint density at radius 1 is 0.941 bits per heavy atom. The summed E-state index contributed by atoms with van der Waals surface area (Å²) in [5, 5.41) is 2.98. The number of rotatable bonds is 5. The van der Waals surface area contributed by atoms with Gasteiger partial charge in [-0.15, -0.1) is 0 Å². The molecule has 184 valence electrons. The molecule has 2 bridgehead atoms. The van der Waals surface area contributed by atoms with Crippen molar-refractivity contribution in [1.29, 1.82) is 0 Å². The number of morpholine rings is 1. The highest BCUT2D eigenvalue weighted by Gasteiger charge is 2.16. The van der Waals surface area contributed by atoms with Crippen LogP contribution in [0.5, 0.6) is 5.75 Å². The molecule has 2 heterocycles. The van der Waals surface area contributed by atoms with Gasteiger partial charge in [0, 0.05) is 50.4 Å². The second-order valence-corrected chi connectivity index (χ2v) is 8.91. The van der Waals surface area contributed by atoms with Crippen LogP contribution in [0.25, 0.3) is 0 Å². The van der Waals surface area contributed by atoms with Crippen LogP contribution in [0.3, 0.4) is 0 Å². The average Bonchev–Trinajstić information content (AvgIpc) is 2.85. The molecular weight excluding hydrogens is 430 g/mol. The van der Waals surface area contributed by atoms with Gasteiger partial charge in [0.1, 0.15) is 12.4 Å². The number of nitrogens with zero attached hydrogens (tertiary/aromatic N) is 2. The third-order valence-electron chi connectivity index (χ3n) is 6.19. The predicted molar refractivity (Wildman–Crippen MR) is 134 cm³/mol. The lowest BCUT2D eigenvalue weighted by Gasteiger charge is -2.29. The number of nitrogens with one attached hydrogen (secondary N) is 1. The first-order chi connectivity index (χ1) is 16.7. The topological polar surface area (TPSA) is 63.3 Å². The maximum absolute atomic E-state index is 12.3. The molecule has 2 aliphatic heterocycles. The summed E-state index contributed by atoms with van der Waals surface area (Å²) in [4.78, 5) is 16.9. The minimum Gasteiger partial charge on any atom is -0.491 e. The van der Waals surface area contributed by atoms with Crippen LogP contribution in [0.4, 0.5) is 5.69 Å². The smallest absolute Gasteiger partial charge is 0.234 e. The molecule has 7 heteroatoms. The molecule has 0 aliphatic carbocycles. The third kappa shape index (κ3) is 7.19. The van der Waals surface area contributed by atoms with Crippen molar-refractivity contribution in [2.45, 2.75) is 26.3 Å². The standard InChI is InChI=1S/C27H37N3O4/c1-2-8-28-27(31)21-29-9-12-33-15-16-34-26-7-6-25(30-10-13-32-14-11-30)19-24(26)18-22-4-3-5-23(17-22)20-29/h3-7,17,19H,2,8-16,18,20-21H2,1H3,(H,28,31). The summed E-state index contributed by atoms with van der Waals surface area (Å²) in [5.74, 6) is 0.976. The van der Waals surface area contributed by atoms with Gasteiger partial charge in [-0.25, -0.2) is 0 Å². The molecule has 7 nitrogen and oxygen atoms in total. The summed E-state index contributed by atoms with van der Waals surface area (Å²) < 4.78 is 17.5. The van der Waals surface area contributed by atoms with Crippen LogP contribution in [0.2, 0.25) is 0 Å². The normalized spacial score (nSPS) is 17.9. The summed E-state index contributed by atoms with van der Waals surface area (Å²) >= 11 is 0. The molecule has 34 heavy (non-hydrogen) atoms. The van der Waals surface area contributed by atoms with Crippen molar-refractivity contribution in [3.63, 3.8) is 0 Å². The number of anilines is 1. The Hall–Kier alpha value is -2.61. The van der Waals surface area contributed by atoms with Gasteiger partial charge in [-0.1, -0.05) is 31.2 Å². The SMILES string of the molecule is CCCNC(=O)CN1CCOCCOc2ccc(N3CCOCC3)cc2Cc2cccc(c2)C1. The molecule has 0 unspecified atom stereocenters. The van der Waals surface area contributed by atoms with Crippen LogP contribution in [-0.2, 0) is 27.2 Å². The van der Waals surface area contributed by atoms with E-state index >= 15 is 0 Å². The first kappa shape index (κ1) is 24.5. The Bertz CT molecular complexity index is 930. The van der Waals surface area contributed by atoms with Gasteiger partial charge in [-0.05, 0) is 35.7 Å². The number of ether oxygens (including phenoxy) is 3. The molecule has 1 amide bonds. The molecular formula is C27H37N3O4. The maximum atomic E-state index is 12.3. The van der Waals surface area contributed by atoms with Gasteiger partial charge in [0.25, 0.3) is 0 Å². The van der Waals surface area contributed by atoms with E-state index in [4.69, 9.17) is 14.2 Å². The summed E-state index contributed by atoms with van der Waals surface area (Å²) in [6.45, 7) is 9.48. The van der Waals surface area contributed by atoms with Gasteiger partial charge in [0.05, 0.1) is 33.0 Å². The number of benzene rings is 2. The quantitative estimate of drug-likeness (QED) is 0.730. The average molecular weight is 468 g/mol. The molecule has 0 aromatic heterocycles.